The summed E-state index contributed by atoms with van der Waals surface area (Å²) in [6, 6.07) is 15.1. The Morgan fingerprint density at radius 1 is 1.00 bits per heavy atom. The molecule has 4 rings (SSSR count). The second kappa shape index (κ2) is 8.61. The highest BCUT2D eigenvalue weighted by Crippen LogP contribution is 2.40. The fourth-order valence-electron chi connectivity index (χ4n) is 3.41. The number of benzene rings is 2. The van der Waals surface area contributed by atoms with Crippen LogP contribution in [0.2, 0.25) is 0 Å². The molecule has 0 aliphatic heterocycles. The predicted molar refractivity (Wildman–Crippen MR) is 130 cm³/mol. The number of fused-ring (bicyclic) bond motifs is 1. The molecule has 0 aliphatic rings. The number of nitrogen functional groups attached to an aromatic ring is 1. The lowest BCUT2D eigenvalue weighted by Gasteiger charge is -2.13. The van der Waals surface area contributed by atoms with E-state index in [-0.39, 0.29) is 6.03 Å². The zero-order valence-corrected chi connectivity index (χ0v) is 18.5. The zero-order valence-electron chi connectivity index (χ0n) is 17.6. The van der Waals surface area contributed by atoms with Gasteiger partial charge in [0, 0.05) is 41.6 Å². The van der Waals surface area contributed by atoms with Crippen molar-refractivity contribution < 1.29 is 4.79 Å². The molecule has 0 fully saturated rings. The lowest BCUT2D eigenvalue weighted by molar-refractivity contribution is 0.262. The molecule has 0 unspecified atom stereocenters. The van der Waals surface area contributed by atoms with E-state index in [4.69, 9.17) is 5.73 Å². The minimum atomic E-state index is -0.293. The summed E-state index contributed by atoms with van der Waals surface area (Å²) in [7, 11) is 3.95. The lowest BCUT2D eigenvalue weighted by Crippen LogP contribution is -2.19. The number of nitrogens with two attached hydrogens (primary N) is 1. The van der Waals surface area contributed by atoms with Crippen LogP contribution in [-0.2, 0) is 6.42 Å². The molecule has 31 heavy (non-hydrogen) atoms. The van der Waals surface area contributed by atoms with Crippen LogP contribution in [0.25, 0.3) is 21.3 Å². The average molecular weight is 433 g/mol. The highest BCUT2D eigenvalue weighted by molar-refractivity contribution is 7.19. The molecule has 0 radical (unpaired) electrons. The molecule has 4 N–H and O–H groups in total. The van der Waals surface area contributed by atoms with Gasteiger partial charge in [0.05, 0.1) is 5.39 Å². The van der Waals surface area contributed by atoms with Gasteiger partial charge in [0.1, 0.15) is 17.0 Å². The predicted octanol–water partition coefficient (Wildman–Crippen LogP) is 5.21. The molecule has 2 heterocycles. The number of rotatable bonds is 5. The van der Waals surface area contributed by atoms with Crippen LogP contribution >= 0.6 is 11.3 Å². The van der Waals surface area contributed by atoms with E-state index in [1.807, 2.05) is 67.5 Å². The van der Waals surface area contributed by atoms with Gasteiger partial charge >= 0.3 is 6.03 Å². The fourth-order valence-corrected chi connectivity index (χ4v) is 4.52. The quantitative estimate of drug-likeness (QED) is 0.402. The van der Waals surface area contributed by atoms with Crippen molar-refractivity contribution in [3.63, 3.8) is 0 Å². The molecule has 2 amide bonds. The number of hydrogen-bond donors (Lipinski definition) is 3. The van der Waals surface area contributed by atoms with Crippen LogP contribution in [-0.4, -0.2) is 30.1 Å². The monoisotopic (exact) mass is 432 g/mol. The molecule has 4 aromatic rings. The zero-order chi connectivity index (χ0) is 22.0. The topological polar surface area (TPSA) is 96.2 Å². The van der Waals surface area contributed by atoms with Crippen molar-refractivity contribution in [2.75, 3.05) is 35.4 Å². The molecular weight excluding hydrogens is 408 g/mol. The summed E-state index contributed by atoms with van der Waals surface area (Å²) in [5.41, 5.74) is 10.7. The van der Waals surface area contributed by atoms with E-state index < -0.39 is 0 Å². The van der Waals surface area contributed by atoms with Crippen LogP contribution in [0, 0.1) is 0 Å². The first-order valence-corrected chi connectivity index (χ1v) is 10.8. The maximum absolute atomic E-state index is 12.4. The third-order valence-corrected chi connectivity index (χ3v) is 6.23. The maximum Gasteiger partial charge on any atom is 0.323 e. The van der Waals surface area contributed by atoms with Crippen molar-refractivity contribution in [2.24, 2.45) is 0 Å². The van der Waals surface area contributed by atoms with Gasteiger partial charge in [-0.25, -0.2) is 14.8 Å². The molecule has 0 bridgehead atoms. The molecule has 0 saturated carbocycles. The average Bonchev–Trinajstić information content (AvgIpc) is 3.14. The number of carbonyl (C=O) groups excluding carboxylic acids is 1. The van der Waals surface area contributed by atoms with Crippen LogP contribution in [0.5, 0.6) is 0 Å². The van der Waals surface area contributed by atoms with E-state index in [0.29, 0.717) is 11.5 Å². The normalized spacial score (nSPS) is 10.8. The minimum absolute atomic E-state index is 0.293. The molecule has 0 spiro atoms. The van der Waals surface area contributed by atoms with E-state index in [2.05, 4.69) is 27.5 Å². The van der Waals surface area contributed by atoms with Crippen molar-refractivity contribution >= 4 is 50.5 Å². The van der Waals surface area contributed by atoms with Crippen molar-refractivity contribution in [1.29, 1.82) is 0 Å². The number of thiophene rings is 1. The highest BCUT2D eigenvalue weighted by atomic mass is 32.1. The highest BCUT2D eigenvalue weighted by Gasteiger charge is 2.17. The number of amides is 2. The minimum Gasteiger partial charge on any atom is -0.383 e. The second-order valence-electron chi connectivity index (χ2n) is 7.29. The number of anilines is 4. The summed E-state index contributed by atoms with van der Waals surface area (Å²) in [4.78, 5) is 25.0. The van der Waals surface area contributed by atoms with Crippen molar-refractivity contribution in [1.82, 2.24) is 9.97 Å². The summed E-state index contributed by atoms with van der Waals surface area (Å²) in [5, 5.41) is 6.61. The van der Waals surface area contributed by atoms with Crippen LogP contribution in [0.3, 0.4) is 0 Å². The number of urea groups is 1. The standard InChI is InChI=1S/C23H24N6OS/c1-4-18-19(20-21(24)25-13-26-22(20)31-18)14-5-7-15(8-6-14)27-23(30)28-16-9-11-17(12-10-16)29(2)3/h5-13H,4H2,1-3H3,(H2,24,25,26)(H2,27,28,30). The third kappa shape index (κ3) is 4.29. The van der Waals surface area contributed by atoms with E-state index in [1.165, 1.54) is 11.2 Å². The summed E-state index contributed by atoms with van der Waals surface area (Å²) in [6.45, 7) is 2.11. The third-order valence-electron chi connectivity index (χ3n) is 4.98. The Kier molecular flexibility index (Phi) is 5.73. The number of carbonyl (C=O) groups is 1. The Balaban J connectivity index is 1.51. The van der Waals surface area contributed by atoms with Crippen LogP contribution < -0.4 is 21.3 Å². The molecule has 2 aromatic carbocycles. The first kappa shape index (κ1) is 20.6. The molecule has 2 aromatic heterocycles. The summed E-state index contributed by atoms with van der Waals surface area (Å²) >= 11 is 1.64. The molecule has 0 saturated heterocycles. The molecular formula is C23H24N6OS. The molecule has 0 atom stereocenters. The summed E-state index contributed by atoms with van der Waals surface area (Å²) < 4.78 is 0. The lowest BCUT2D eigenvalue weighted by atomic mass is 10.0. The Morgan fingerprint density at radius 3 is 2.19 bits per heavy atom. The summed E-state index contributed by atoms with van der Waals surface area (Å²) in [5.74, 6) is 0.484. The van der Waals surface area contributed by atoms with Gasteiger partial charge in [-0.1, -0.05) is 19.1 Å². The van der Waals surface area contributed by atoms with Crippen molar-refractivity contribution in [2.45, 2.75) is 13.3 Å². The van der Waals surface area contributed by atoms with Crippen molar-refractivity contribution in [3.05, 3.63) is 59.7 Å². The number of hydrogen-bond acceptors (Lipinski definition) is 6. The van der Waals surface area contributed by atoms with Gasteiger partial charge in [-0.3, -0.25) is 0 Å². The molecule has 8 heteroatoms. The van der Waals surface area contributed by atoms with Gasteiger partial charge in [-0.2, -0.15) is 0 Å². The van der Waals surface area contributed by atoms with Crippen LogP contribution in [0.4, 0.5) is 27.7 Å². The Hall–Kier alpha value is -3.65. The Labute approximate surface area is 184 Å². The van der Waals surface area contributed by atoms with Gasteiger partial charge in [-0.15, -0.1) is 11.3 Å². The van der Waals surface area contributed by atoms with Crippen molar-refractivity contribution in [3.8, 4) is 11.1 Å². The first-order chi connectivity index (χ1) is 15.0. The largest absolute Gasteiger partial charge is 0.383 e. The van der Waals surface area contributed by atoms with E-state index >= 15 is 0 Å². The first-order valence-electron chi connectivity index (χ1n) is 9.94. The second-order valence-corrected chi connectivity index (χ2v) is 8.37. The van der Waals surface area contributed by atoms with E-state index in [0.717, 1.165) is 39.1 Å². The maximum atomic E-state index is 12.4. The number of aromatic nitrogens is 2. The molecule has 7 nitrogen and oxygen atoms in total. The Morgan fingerprint density at radius 2 is 1.61 bits per heavy atom. The fraction of sp³-hybridized carbons (Fsp3) is 0.174. The van der Waals surface area contributed by atoms with E-state index in [9.17, 15) is 4.79 Å². The van der Waals surface area contributed by atoms with Gasteiger partial charge in [0.15, 0.2) is 0 Å². The smallest absolute Gasteiger partial charge is 0.323 e. The van der Waals surface area contributed by atoms with Gasteiger partial charge in [0.2, 0.25) is 0 Å². The molecule has 0 aliphatic carbocycles. The number of nitrogens with one attached hydrogen (secondary N) is 2. The SMILES string of the molecule is CCc1sc2ncnc(N)c2c1-c1ccc(NC(=O)Nc2ccc(N(C)C)cc2)cc1. The van der Waals surface area contributed by atoms with Gasteiger partial charge < -0.3 is 21.3 Å². The number of aryl methyl sites for hydroxylation is 1. The van der Waals surface area contributed by atoms with Crippen LogP contribution in [0.1, 0.15) is 11.8 Å². The van der Waals surface area contributed by atoms with Gasteiger partial charge in [0.25, 0.3) is 0 Å². The summed E-state index contributed by atoms with van der Waals surface area (Å²) in [6.07, 6.45) is 2.38. The van der Waals surface area contributed by atoms with Crippen LogP contribution in [0.15, 0.2) is 54.9 Å². The Bertz CT molecular complexity index is 1220. The molecule has 158 valence electrons. The number of nitrogens with zero attached hydrogens (tertiary/aromatic N) is 3. The van der Waals surface area contributed by atoms with Gasteiger partial charge in [-0.05, 0) is 48.4 Å². The van der Waals surface area contributed by atoms with E-state index in [1.54, 1.807) is 11.3 Å².